The summed E-state index contributed by atoms with van der Waals surface area (Å²) in [4.78, 5) is 19.0. The number of nitrogens with zero attached hydrogens (tertiary/aromatic N) is 4. The molecule has 0 aromatic carbocycles. The highest BCUT2D eigenvalue weighted by molar-refractivity contribution is 5.93. The molecule has 0 fully saturated rings. The molecule has 0 unspecified atom stereocenters. The monoisotopic (exact) mass is 203 g/mol. The zero-order valence-corrected chi connectivity index (χ0v) is 8.08. The van der Waals surface area contributed by atoms with Crippen molar-refractivity contribution in [3.63, 3.8) is 0 Å². The Morgan fingerprint density at radius 2 is 2.13 bits per heavy atom. The van der Waals surface area contributed by atoms with Gasteiger partial charge in [-0.15, -0.1) is 0 Å². The van der Waals surface area contributed by atoms with Gasteiger partial charge in [0.2, 0.25) is 0 Å². The number of rotatable bonds is 2. The topological polar surface area (TPSA) is 86.7 Å². The van der Waals surface area contributed by atoms with Crippen LogP contribution in [0.4, 0.5) is 0 Å². The third kappa shape index (κ3) is 1.69. The molecule has 2 aromatic rings. The van der Waals surface area contributed by atoms with Gasteiger partial charge in [0.1, 0.15) is 0 Å². The fourth-order valence-corrected chi connectivity index (χ4v) is 1.21. The zero-order valence-electron chi connectivity index (χ0n) is 8.08. The van der Waals surface area contributed by atoms with Crippen molar-refractivity contribution in [1.82, 2.24) is 19.7 Å². The number of hydrogen-bond donors (Lipinski definition) is 1. The first-order valence-electron chi connectivity index (χ1n) is 4.32. The number of aromatic nitrogens is 4. The molecule has 2 rings (SSSR count). The van der Waals surface area contributed by atoms with Gasteiger partial charge in [-0.25, -0.2) is 14.6 Å². The van der Waals surface area contributed by atoms with Gasteiger partial charge in [-0.1, -0.05) is 0 Å². The van der Waals surface area contributed by atoms with E-state index in [0.29, 0.717) is 5.82 Å². The van der Waals surface area contributed by atoms with Crippen molar-refractivity contribution in [1.29, 1.82) is 0 Å². The Kier molecular flexibility index (Phi) is 2.17. The Morgan fingerprint density at radius 3 is 2.73 bits per heavy atom. The Balaban J connectivity index is 2.57. The highest BCUT2D eigenvalue weighted by Crippen LogP contribution is 2.07. The highest BCUT2D eigenvalue weighted by atomic mass is 16.1. The molecule has 0 saturated carbocycles. The largest absolute Gasteiger partial charge is 0.364 e. The van der Waals surface area contributed by atoms with Crippen molar-refractivity contribution in [3.05, 3.63) is 36.0 Å². The molecule has 0 bridgehead atoms. The second kappa shape index (κ2) is 3.49. The molecule has 6 nitrogen and oxygen atoms in total. The van der Waals surface area contributed by atoms with E-state index in [0.717, 1.165) is 5.69 Å². The van der Waals surface area contributed by atoms with E-state index in [4.69, 9.17) is 5.73 Å². The van der Waals surface area contributed by atoms with E-state index in [1.165, 1.54) is 17.1 Å². The van der Waals surface area contributed by atoms with Crippen molar-refractivity contribution in [3.8, 4) is 5.82 Å². The van der Waals surface area contributed by atoms with Gasteiger partial charge in [-0.3, -0.25) is 4.79 Å². The number of hydrogen-bond acceptors (Lipinski definition) is 4. The molecule has 15 heavy (non-hydrogen) atoms. The summed E-state index contributed by atoms with van der Waals surface area (Å²) >= 11 is 0. The summed E-state index contributed by atoms with van der Waals surface area (Å²) in [6.07, 6.45) is 4.60. The summed E-state index contributed by atoms with van der Waals surface area (Å²) in [5, 5.41) is 4.13. The first kappa shape index (κ1) is 9.32. The third-order valence-corrected chi connectivity index (χ3v) is 1.85. The van der Waals surface area contributed by atoms with Crippen LogP contribution in [0.5, 0.6) is 0 Å². The lowest BCUT2D eigenvalue weighted by atomic mass is 10.4. The van der Waals surface area contributed by atoms with Crippen LogP contribution < -0.4 is 5.73 Å². The molecule has 0 aliphatic heterocycles. The maximum Gasteiger partial charge on any atom is 0.271 e. The van der Waals surface area contributed by atoms with Crippen LogP contribution in [0.3, 0.4) is 0 Å². The van der Waals surface area contributed by atoms with Crippen LogP contribution in [0.1, 0.15) is 16.2 Å². The number of primary amides is 1. The fraction of sp³-hybridized carbons (Fsp3) is 0.111. The minimum Gasteiger partial charge on any atom is -0.364 e. The maximum atomic E-state index is 11.1. The third-order valence-electron chi connectivity index (χ3n) is 1.85. The van der Waals surface area contributed by atoms with Crippen molar-refractivity contribution >= 4 is 5.91 Å². The smallest absolute Gasteiger partial charge is 0.271 e. The molecule has 1 amide bonds. The molecular formula is C9H9N5O. The molecule has 0 saturated heterocycles. The first-order chi connectivity index (χ1) is 7.18. The molecule has 2 N–H and O–H groups in total. The van der Waals surface area contributed by atoms with Crippen LogP contribution in [0, 0.1) is 6.92 Å². The summed E-state index contributed by atoms with van der Waals surface area (Å²) in [6.45, 7) is 1.84. The van der Waals surface area contributed by atoms with Crippen LogP contribution in [0.2, 0.25) is 0 Å². The number of carbonyl (C=O) groups is 1. The van der Waals surface area contributed by atoms with E-state index in [-0.39, 0.29) is 5.69 Å². The fourth-order valence-electron chi connectivity index (χ4n) is 1.21. The van der Waals surface area contributed by atoms with Gasteiger partial charge >= 0.3 is 0 Å². The number of aryl methyl sites for hydroxylation is 1. The van der Waals surface area contributed by atoms with E-state index in [1.54, 1.807) is 12.3 Å². The average Bonchev–Trinajstić information content (AvgIpc) is 2.65. The lowest BCUT2D eigenvalue weighted by Gasteiger charge is -2.03. The summed E-state index contributed by atoms with van der Waals surface area (Å²) in [5.41, 5.74) is 6.12. The maximum absolute atomic E-state index is 11.1. The Labute approximate surface area is 85.8 Å². The van der Waals surface area contributed by atoms with Crippen molar-refractivity contribution in [2.75, 3.05) is 0 Å². The number of nitrogens with two attached hydrogens (primary N) is 1. The van der Waals surface area contributed by atoms with Crippen molar-refractivity contribution in [2.45, 2.75) is 6.92 Å². The van der Waals surface area contributed by atoms with Crippen molar-refractivity contribution < 1.29 is 4.79 Å². The Hall–Kier alpha value is -2.24. The van der Waals surface area contributed by atoms with Crippen molar-refractivity contribution in [2.24, 2.45) is 5.73 Å². The summed E-state index contributed by atoms with van der Waals surface area (Å²) < 4.78 is 1.47. The van der Waals surface area contributed by atoms with Crippen LogP contribution in [0.15, 0.2) is 24.7 Å². The van der Waals surface area contributed by atoms with Gasteiger partial charge in [0.15, 0.2) is 11.5 Å². The molecule has 2 aromatic heterocycles. The van der Waals surface area contributed by atoms with Crippen LogP contribution in [-0.2, 0) is 0 Å². The van der Waals surface area contributed by atoms with Gasteiger partial charge < -0.3 is 5.73 Å². The summed E-state index contributed by atoms with van der Waals surface area (Å²) in [5.74, 6) is -0.274. The van der Waals surface area contributed by atoms with E-state index >= 15 is 0 Å². The van der Waals surface area contributed by atoms with Gasteiger partial charge in [0.25, 0.3) is 5.91 Å². The van der Waals surface area contributed by atoms with Gasteiger partial charge in [-0.2, -0.15) is 5.10 Å². The molecular weight excluding hydrogens is 194 g/mol. The molecule has 6 heteroatoms. The zero-order chi connectivity index (χ0) is 10.8. The van der Waals surface area contributed by atoms with E-state index < -0.39 is 5.91 Å². The molecule has 0 atom stereocenters. The minimum atomic E-state index is -0.619. The molecule has 2 heterocycles. The molecule has 0 aliphatic rings. The second-order valence-corrected chi connectivity index (χ2v) is 2.99. The average molecular weight is 203 g/mol. The second-order valence-electron chi connectivity index (χ2n) is 2.99. The SMILES string of the molecule is Cc1ccn(-c2nccnc2C(N)=O)n1. The van der Waals surface area contributed by atoms with Crippen LogP contribution in [-0.4, -0.2) is 25.7 Å². The minimum absolute atomic E-state index is 0.112. The Morgan fingerprint density at radius 1 is 1.40 bits per heavy atom. The lowest BCUT2D eigenvalue weighted by Crippen LogP contribution is -2.18. The number of amides is 1. The summed E-state index contributed by atoms with van der Waals surface area (Å²) in [7, 11) is 0. The Bertz CT molecular complexity index is 505. The predicted octanol–water partition coefficient (Wildman–Crippen LogP) is 0.0696. The van der Waals surface area contributed by atoms with E-state index in [1.807, 2.05) is 6.92 Å². The predicted molar refractivity (Wildman–Crippen MR) is 52.4 cm³/mol. The van der Waals surface area contributed by atoms with Gasteiger partial charge in [-0.05, 0) is 13.0 Å². The van der Waals surface area contributed by atoms with E-state index in [2.05, 4.69) is 15.1 Å². The van der Waals surface area contributed by atoms with E-state index in [9.17, 15) is 4.79 Å². The van der Waals surface area contributed by atoms with Gasteiger partial charge in [0, 0.05) is 18.6 Å². The summed E-state index contributed by atoms with van der Waals surface area (Å²) in [6, 6.07) is 1.81. The first-order valence-corrected chi connectivity index (χ1v) is 4.32. The lowest BCUT2D eigenvalue weighted by molar-refractivity contribution is 0.0995. The van der Waals surface area contributed by atoms with Crippen LogP contribution in [0.25, 0.3) is 5.82 Å². The van der Waals surface area contributed by atoms with Crippen LogP contribution >= 0.6 is 0 Å². The molecule has 0 radical (unpaired) electrons. The highest BCUT2D eigenvalue weighted by Gasteiger charge is 2.12. The normalized spacial score (nSPS) is 10.2. The standard InChI is InChI=1S/C9H9N5O/c1-6-2-5-14(13-6)9-7(8(10)15)11-3-4-12-9/h2-5H,1H3,(H2,10,15). The quantitative estimate of drug-likeness (QED) is 0.748. The molecule has 0 spiro atoms. The number of carbonyl (C=O) groups excluding carboxylic acids is 1. The molecule has 0 aliphatic carbocycles. The molecule has 76 valence electrons. The van der Waals surface area contributed by atoms with Gasteiger partial charge in [0.05, 0.1) is 5.69 Å².